The van der Waals surface area contributed by atoms with Crippen LogP contribution >= 0.6 is 0 Å². The molecule has 1 unspecified atom stereocenters. The molecule has 2 bridgehead atoms. The van der Waals surface area contributed by atoms with Gasteiger partial charge in [0.2, 0.25) is 0 Å². The highest BCUT2D eigenvalue weighted by Gasteiger charge is 2.37. The topological polar surface area (TPSA) is 60.0 Å². The van der Waals surface area contributed by atoms with Crippen molar-refractivity contribution in [1.82, 2.24) is 10.2 Å². The van der Waals surface area contributed by atoms with E-state index in [9.17, 15) is 4.79 Å². The maximum Gasteiger partial charge on any atom is 0.408 e. The number of fused-ring (bicyclic) bond motifs is 3. The number of amides is 1. The number of alkyl carbamates (subject to hydrolysis) is 1. The van der Waals surface area contributed by atoms with E-state index in [4.69, 9.17) is 14.2 Å². The zero-order valence-electron chi connectivity index (χ0n) is 20.5. The minimum absolute atomic E-state index is 0.0116. The van der Waals surface area contributed by atoms with Crippen molar-refractivity contribution in [1.29, 1.82) is 0 Å². The van der Waals surface area contributed by atoms with E-state index in [0.29, 0.717) is 12.5 Å². The lowest BCUT2D eigenvalue weighted by Gasteiger charge is -2.44. The molecule has 0 radical (unpaired) electrons. The molecule has 4 aliphatic heterocycles. The maximum absolute atomic E-state index is 12.7. The van der Waals surface area contributed by atoms with Crippen LogP contribution < -0.4 is 10.1 Å². The van der Waals surface area contributed by atoms with Gasteiger partial charge in [-0.25, -0.2) is 4.79 Å². The smallest absolute Gasteiger partial charge is 0.408 e. The highest BCUT2D eigenvalue weighted by atomic mass is 16.6. The number of carbonyl (C=O) groups excluding carboxylic acids is 1. The Labute approximate surface area is 202 Å². The molecule has 0 saturated carbocycles. The zero-order valence-corrected chi connectivity index (χ0v) is 20.5. The summed E-state index contributed by atoms with van der Waals surface area (Å²) in [4.78, 5) is 15.1. The van der Waals surface area contributed by atoms with Crippen LogP contribution in [0.1, 0.15) is 39.2 Å². The SMILES string of the molecule is CC1(COc2ccc(-c3ccc(C(C)(C)NC(=O)OC4CN5CCC4CC5)cc3)cc2)COC1. The summed E-state index contributed by atoms with van der Waals surface area (Å²) >= 11 is 0. The second-order valence-corrected chi connectivity index (χ2v) is 11.0. The molecular weight excluding hydrogens is 428 g/mol. The van der Waals surface area contributed by atoms with Gasteiger partial charge in [0, 0.05) is 12.0 Å². The number of benzene rings is 2. The number of rotatable bonds is 7. The number of nitrogens with one attached hydrogen (secondary N) is 1. The first-order valence-corrected chi connectivity index (χ1v) is 12.4. The van der Waals surface area contributed by atoms with Crippen LogP contribution in [-0.2, 0) is 15.0 Å². The van der Waals surface area contributed by atoms with Gasteiger partial charge in [0.25, 0.3) is 0 Å². The number of hydrogen-bond donors (Lipinski definition) is 1. The van der Waals surface area contributed by atoms with E-state index >= 15 is 0 Å². The Morgan fingerprint density at radius 3 is 2.21 bits per heavy atom. The lowest BCUT2D eigenvalue weighted by atomic mass is 9.86. The van der Waals surface area contributed by atoms with Gasteiger partial charge in [-0.15, -0.1) is 0 Å². The molecule has 1 amide bonds. The summed E-state index contributed by atoms with van der Waals surface area (Å²) in [5.74, 6) is 1.38. The van der Waals surface area contributed by atoms with E-state index in [0.717, 1.165) is 68.1 Å². The largest absolute Gasteiger partial charge is 0.493 e. The molecule has 4 fully saturated rings. The first-order chi connectivity index (χ1) is 16.3. The van der Waals surface area contributed by atoms with Crippen LogP contribution in [0.2, 0.25) is 0 Å². The van der Waals surface area contributed by atoms with Crippen molar-refractivity contribution in [3.63, 3.8) is 0 Å². The Morgan fingerprint density at radius 2 is 1.68 bits per heavy atom. The van der Waals surface area contributed by atoms with Gasteiger partial charge >= 0.3 is 6.09 Å². The fraction of sp³-hybridized carbons (Fsp3) is 0.536. The lowest BCUT2D eigenvalue weighted by molar-refractivity contribution is -0.120. The van der Waals surface area contributed by atoms with Gasteiger partial charge in [0.15, 0.2) is 0 Å². The van der Waals surface area contributed by atoms with Gasteiger partial charge in [0.1, 0.15) is 11.9 Å². The summed E-state index contributed by atoms with van der Waals surface area (Å²) < 4.78 is 17.1. The van der Waals surface area contributed by atoms with Gasteiger partial charge in [-0.1, -0.05) is 43.3 Å². The highest BCUT2D eigenvalue weighted by molar-refractivity contribution is 5.69. The molecule has 34 heavy (non-hydrogen) atoms. The summed E-state index contributed by atoms with van der Waals surface area (Å²) in [6.45, 7) is 11.5. The molecular formula is C28H36N2O4. The third-order valence-electron chi connectivity index (χ3n) is 7.55. The first kappa shape index (κ1) is 23.2. The summed E-state index contributed by atoms with van der Waals surface area (Å²) in [5.41, 5.74) is 2.90. The van der Waals surface area contributed by atoms with Crippen LogP contribution in [0.4, 0.5) is 4.79 Å². The molecule has 0 aliphatic carbocycles. The third-order valence-corrected chi connectivity index (χ3v) is 7.55. The maximum atomic E-state index is 12.7. The molecule has 2 aromatic rings. The fourth-order valence-electron chi connectivity index (χ4n) is 5.15. The van der Waals surface area contributed by atoms with E-state index in [2.05, 4.69) is 53.5 Å². The van der Waals surface area contributed by atoms with Crippen molar-refractivity contribution < 1.29 is 19.0 Å². The lowest BCUT2D eigenvalue weighted by Crippen LogP contribution is -2.53. The monoisotopic (exact) mass is 464 g/mol. The number of hydrogen-bond acceptors (Lipinski definition) is 5. The van der Waals surface area contributed by atoms with Crippen molar-refractivity contribution in [2.24, 2.45) is 11.3 Å². The average Bonchev–Trinajstić information content (AvgIpc) is 2.82. The van der Waals surface area contributed by atoms with Gasteiger partial charge < -0.3 is 19.5 Å². The predicted octanol–water partition coefficient (Wildman–Crippen LogP) is 4.82. The van der Waals surface area contributed by atoms with Crippen molar-refractivity contribution >= 4 is 6.09 Å². The molecule has 1 N–H and O–H groups in total. The van der Waals surface area contributed by atoms with Gasteiger partial charge in [0.05, 0.1) is 25.4 Å². The molecule has 1 atom stereocenters. The van der Waals surface area contributed by atoms with Crippen molar-refractivity contribution in [3.8, 4) is 16.9 Å². The number of nitrogens with zero attached hydrogens (tertiary/aromatic N) is 1. The van der Waals surface area contributed by atoms with E-state index < -0.39 is 5.54 Å². The first-order valence-electron chi connectivity index (χ1n) is 12.4. The van der Waals surface area contributed by atoms with Crippen LogP contribution in [-0.4, -0.2) is 56.6 Å². The Bertz CT molecular complexity index is 990. The third kappa shape index (κ3) is 5.08. The number of carbonyl (C=O) groups is 1. The molecule has 4 heterocycles. The molecule has 4 aliphatic rings. The molecule has 6 nitrogen and oxygen atoms in total. The standard InChI is InChI=1S/C28H36N2O4/c1-27(2,29-26(31)34-25-16-30-14-12-22(25)13-15-30)23-8-4-20(5-9-23)21-6-10-24(11-7-21)33-19-28(3)17-32-18-28/h4-11,22,25H,12-19H2,1-3H3,(H,29,31). The Morgan fingerprint density at radius 1 is 1.06 bits per heavy atom. The predicted molar refractivity (Wildman–Crippen MR) is 132 cm³/mol. The Balaban J connectivity index is 1.17. The zero-order chi connectivity index (χ0) is 23.8. The number of ether oxygens (including phenoxy) is 3. The Kier molecular flexibility index (Phi) is 6.30. The summed E-state index contributed by atoms with van der Waals surface area (Å²) in [7, 11) is 0. The van der Waals surface area contributed by atoms with Gasteiger partial charge in [-0.3, -0.25) is 4.90 Å². The van der Waals surface area contributed by atoms with E-state index in [1.54, 1.807) is 0 Å². The molecule has 2 aromatic carbocycles. The average molecular weight is 465 g/mol. The second-order valence-electron chi connectivity index (χ2n) is 11.0. The van der Waals surface area contributed by atoms with Crippen molar-refractivity contribution in [3.05, 3.63) is 54.1 Å². The normalized spacial score (nSPS) is 25.3. The summed E-state index contributed by atoms with van der Waals surface area (Å²) in [5, 5.41) is 3.08. The van der Waals surface area contributed by atoms with Crippen LogP contribution in [0.5, 0.6) is 5.75 Å². The van der Waals surface area contributed by atoms with E-state index in [1.165, 1.54) is 0 Å². The minimum atomic E-state index is -0.525. The van der Waals surface area contributed by atoms with E-state index in [-0.39, 0.29) is 17.6 Å². The molecule has 6 rings (SSSR count). The quantitative estimate of drug-likeness (QED) is 0.636. The minimum Gasteiger partial charge on any atom is -0.493 e. The van der Waals surface area contributed by atoms with E-state index in [1.807, 2.05) is 26.0 Å². The van der Waals surface area contributed by atoms with Crippen molar-refractivity contribution in [2.75, 3.05) is 39.5 Å². The molecule has 6 heteroatoms. The fourth-order valence-corrected chi connectivity index (χ4v) is 5.15. The van der Waals surface area contributed by atoms with Crippen LogP contribution in [0.3, 0.4) is 0 Å². The highest BCUT2D eigenvalue weighted by Crippen LogP contribution is 2.31. The molecule has 0 spiro atoms. The molecule has 4 saturated heterocycles. The van der Waals surface area contributed by atoms with Crippen LogP contribution in [0.25, 0.3) is 11.1 Å². The second kappa shape index (κ2) is 9.23. The van der Waals surface area contributed by atoms with Crippen molar-refractivity contribution in [2.45, 2.75) is 45.3 Å². The van der Waals surface area contributed by atoms with Gasteiger partial charge in [-0.05, 0) is 74.5 Å². The summed E-state index contributed by atoms with van der Waals surface area (Å²) in [6, 6.07) is 16.5. The molecule has 0 aromatic heterocycles. The summed E-state index contributed by atoms with van der Waals surface area (Å²) in [6.07, 6.45) is 1.94. The van der Waals surface area contributed by atoms with Crippen LogP contribution in [0.15, 0.2) is 48.5 Å². The van der Waals surface area contributed by atoms with Gasteiger partial charge in [-0.2, -0.15) is 0 Å². The Hall–Kier alpha value is -2.57. The number of piperidine rings is 3. The van der Waals surface area contributed by atoms with Crippen LogP contribution in [0, 0.1) is 11.3 Å². The molecule has 182 valence electrons.